The molecule has 0 saturated carbocycles. The smallest absolute Gasteiger partial charge is 0.275 e. The van der Waals surface area contributed by atoms with Crippen LogP contribution in [-0.4, -0.2) is 30.3 Å². The molecule has 0 bridgehead atoms. The molecule has 0 atom stereocenters. The Morgan fingerprint density at radius 3 is 2.50 bits per heavy atom. The van der Waals surface area contributed by atoms with E-state index in [0.717, 1.165) is 4.88 Å². The predicted octanol–water partition coefficient (Wildman–Crippen LogP) is 4.17. The number of nitrogens with one attached hydrogen (secondary N) is 1. The number of amides is 1. The summed E-state index contributed by atoms with van der Waals surface area (Å²) in [5, 5.41) is 2.71. The molecule has 7 nitrogen and oxygen atoms in total. The number of sulfonamides is 1. The highest BCUT2D eigenvalue weighted by molar-refractivity contribution is 7.93. The molecule has 2 aromatic heterocycles. The van der Waals surface area contributed by atoms with Gasteiger partial charge in [0.1, 0.15) is 10.6 Å². The second-order valence-corrected chi connectivity index (χ2v) is 9.66. The number of benzene rings is 2. The molecule has 0 aliphatic rings. The van der Waals surface area contributed by atoms with Crippen molar-refractivity contribution in [2.75, 3.05) is 16.2 Å². The number of fused-ring (bicyclic) bond motifs is 1. The summed E-state index contributed by atoms with van der Waals surface area (Å²) in [6.07, 6.45) is 3.52. The predicted molar refractivity (Wildman–Crippen MR) is 119 cm³/mol. The van der Waals surface area contributed by atoms with E-state index in [0.29, 0.717) is 10.6 Å². The lowest BCUT2D eigenvalue weighted by Crippen LogP contribution is -2.31. The van der Waals surface area contributed by atoms with Crippen molar-refractivity contribution in [2.45, 2.75) is 18.7 Å². The van der Waals surface area contributed by atoms with E-state index in [9.17, 15) is 13.2 Å². The Hall–Kier alpha value is -3.17. The summed E-state index contributed by atoms with van der Waals surface area (Å²) in [6, 6.07) is 15.3. The van der Waals surface area contributed by atoms with Gasteiger partial charge in [-0.3, -0.25) is 13.5 Å². The van der Waals surface area contributed by atoms with Crippen LogP contribution >= 0.6 is 11.3 Å². The number of carbonyl (C=O) groups is 1. The number of nitrogens with zero attached hydrogens (tertiary/aromatic N) is 3. The molecule has 30 heavy (non-hydrogen) atoms. The molecule has 0 aliphatic heterocycles. The van der Waals surface area contributed by atoms with E-state index >= 15 is 0 Å². The Labute approximate surface area is 178 Å². The summed E-state index contributed by atoms with van der Waals surface area (Å²) in [5.41, 5.74) is 0.999. The number of aromatic nitrogens is 2. The third-order valence-corrected chi connectivity index (χ3v) is 7.41. The number of imidazole rings is 1. The van der Waals surface area contributed by atoms with Gasteiger partial charge >= 0.3 is 0 Å². The van der Waals surface area contributed by atoms with Crippen LogP contribution in [0.2, 0.25) is 0 Å². The molecule has 4 rings (SSSR count). The fraction of sp³-hybridized carbons (Fsp3) is 0.143. The first kappa shape index (κ1) is 20.1. The molecule has 0 fully saturated rings. The van der Waals surface area contributed by atoms with Gasteiger partial charge in [0.15, 0.2) is 4.96 Å². The average molecular weight is 441 g/mol. The van der Waals surface area contributed by atoms with Crippen LogP contribution in [0.5, 0.6) is 0 Å². The van der Waals surface area contributed by atoms with Gasteiger partial charge in [0, 0.05) is 23.8 Å². The number of hydrogen-bond acceptors (Lipinski definition) is 5. The Balaban J connectivity index is 1.67. The quantitative estimate of drug-likeness (QED) is 0.488. The van der Waals surface area contributed by atoms with Gasteiger partial charge in [-0.1, -0.05) is 30.3 Å². The van der Waals surface area contributed by atoms with Crippen LogP contribution in [0.1, 0.15) is 22.3 Å². The minimum Gasteiger partial charge on any atom is -0.319 e. The van der Waals surface area contributed by atoms with E-state index in [1.165, 1.54) is 21.7 Å². The van der Waals surface area contributed by atoms with Crippen LogP contribution in [0.15, 0.2) is 71.9 Å². The van der Waals surface area contributed by atoms with Gasteiger partial charge in [0.05, 0.1) is 11.4 Å². The van der Waals surface area contributed by atoms with Crippen molar-refractivity contribution < 1.29 is 13.2 Å². The first-order valence-corrected chi connectivity index (χ1v) is 11.6. The maximum atomic E-state index is 13.4. The van der Waals surface area contributed by atoms with Crippen LogP contribution in [0.25, 0.3) is 4.96 Å². The third-order valence-electron chi connectivity index (χ3n) is 4.54. The minimum absolute atomic E-state index is 0.0286. The lowest BCUT2D eigenvalue weighted by Gasteiger charge is -2.24. The fourth-order valence-corrected chi connectivity index (χ4v) is 5.64. The standard InChI is InChI=1S/C21H20N4O3S2/c1-3-25(16-9-5-4-6-10-16)30(27,28)19-12-8-7-11-17(19)22-20(26)18-14-24-13-15(2)29-21(24)23-18/h4-14H,3H2,1-2H3,(H,22,26). The molecule has 2 aromatic carbocycles. The molecule has 1 amide bonds. The number of carbonyl (C=O) groups excluding carboxylic acids is 1. The largest absolute Gasteiger partial charge is 0.319 e. The normalized spacial score (nSPS) is 11.5. The van der Waals surface area contributed by atoms with E-state index in [1.54, 1.807) is 60.0 Å². The Kier molecular flexibility index (Phi) is 5.31. The van der Waals surface area contributed by atoms with E-state index in [2.05, 4.69) is 10.3 Å². The zero-order chi connectivity index (χ0) is 21.3. The molecule has 0 spiro atoms. The first-order valence-electron chi connectivity index (χ1n) is 9.33. The van der Waals surface area contributed by atoms with Crippen LogP contribution in [0.3, 0.4) is 0 Å². The van der Waals surface area contributed by atoms with Crippen molar-refractivity contribution in [2.24, 2.45) is 0 Å². The van der Waals surface area contributed by atoms with E-state index in [-0.39, 0.29) is 22.8 Å². The summed E-state index contributed by atoms with van der Waals surface area (Å²) in [4.78, 5) is 18.9. The number of hydrogen-bond donors (Lipinski definition) is 1. The van der Waals surface area contributed by atoms with Crippen molar-refractivity contribution in [3.05, 3.63) is 77.6 Å². The molecule has 0 saturated heterocycles. The molecule has 0 aliphatic carbocycles. The topological polar surface area (TPSA) is 83.8 Å². The third kappa shape index (κ3) is 3.69. The van der Waals surface area contributed by atoms with Crippen LogP contribution in [0, 0.1) is 6.92 Å². The molecule has 9 heteroatoms. The van der Waals surface area contributed by atoms with Crippen LogP contribution < -0.4 is 9.62 Å². The zero-order valence-corrected chi connectivity index (χ0v) is 18.1. The maximum absolute atomic E-state index is 13.4. The van der Waals surface area contributed by atoms with Gasteiger partial charge < -0.3 is 5.32 Å². The lowest BCUT2D eigenvalue weighted by molar-refractivity contribution is 0.102. The number of aryl methyl sites for hydroxylation is 1. The van der Waals surface area contributed by atoms with Gasteiger partial charge in [0.2, 0.25) is 0 Å². The van der Waals surface area contributed by atoms with Gasteiger partial charge in [-0.05, 0) is 38.1 Å². The van der Waals surface area contributed by atoms with E-state index in [4.69, 9.17) is 0 Å². The van der Waals surface area contributed by atoms with Crippen LogP contribution in [0.4, 0.5) is 11.4 Å². The van der Waals surface area contributed by atoms with Crippen molar-refractivity contribution in [3.63, 3.8) is 0 Å². The fourth-order valence-electron chi connectivity index (χ4n) is 3.21. The summed E-state index contributed by atoms with van der Waals surface area (Å²) in [5.74, 6) is -0.464. The molecule has 0 radical (unpaired) electrons. The first-order chi connectivity index (χ1) is 14.4. The Morgan fingerprint density at radius 1 is 1.10 bits per heavy atom. The van der Waals surface area contributed by atoms with Crippen molar-refractivity contribution in [3.8, 4) is 0 Å². The molecule has 1 N–H and O–H groups in total. The zero-order valence-electron chi connectivity index (χ0n) is 16.4. The molecule has 154 valence electrons. The summed E-state index contributed by atoms with van der Waals surface area (Å²) in [6.45, 7) is 3.99. The van der Waals surface area contributed by atoms with E-state index < -0.39 is 15.9 Å². The average Bonchev–Trinajstić information content (AvgIpc) is 3.27. The highest BCUT2D eigenvalue weighted by Crippen LogP contribution is 2.29. The summed E-state index contributed by atoms with van der Waals surface area (Å²) >= 11 is 1.48. The number of para-hydroxylation sites is 2. The minimum atomic E-state index is -3.89. The summed E-state index contributed by atoms with van der Waals surface area (Å²) < 4.78 is 29.9. The molecular weight excluding hydrogens is 420 g/mol. The van der Waals surface area contributed by atoms with Crippen molar-refractivity contribution >= 4 is 43.6 Å². The van der Waals surface area contributed by atoms with Crippen LogP contribution in [-0.2, 0) is 10.0 Å². The monoisotopic (exact) mass is 440 g/mol. The SMILES string of the molecule is CCN(c1ccccc1)S(=O)(=O)c1ccccc1NC(=O)c1cn2cc(C)sc2n1. The van der Waals surface area contributed by atoms with Gasteiger partial charge in [0.25, 0.3) is 15.9 Å². The number of rotatable bonds is 6. The molecule has 0 unspecified atom stereocenters. The number of thiazole rings is 1. The Morgan fingerprint density at radius 2 is 1.80 bits per heavy atom. The molecule has 2 heterocycles. The summed E-state index contributed by atoms with van der Waals surface area (Å²) in [7, 11) is -3.89. The Bertz CT molecular complexity index is 1280. The van der Waals surface area contributed by atoms with Gasteiger partial charge in [-0.2, -0.15) is 0 Å². The highest BCUT2D eigenvalue weighted by atomic mass is 32.2. The second kappa shape index (κ2) is 7.92. The van der Waals surface area contributed by atoms with Gasteiger partial charge in [-0.25, -0.2) is 13.4 Å². The molecule has 4 aromatic rings. The van der Waals surface area contributed by atoms with Crippen molar-refractivity contribution in [1.29, 1.82) is 0 Å². The van der Waals surface area contributed by atoms with Crippen molar-refractivity contribution in [1.82, 2.24) is 9.38 Å². The van der Waals surface area contributed by atoms with Gasteiger partial charge in [-0.15, -0.1) is 11.3 Å². The number of anilines is 2. The highest BCUT2D eigenvalue weighted by Gasteiger charge is 2.27. The van der Waals surface area contributed by atoms with E-state index in [1.807, 2.05) is 19.2 Å². The molecular formula is C21H20N4O3S2. The maximum Gasteiger partial charge on any atom is 0.275 e. The lowest BCUT2D eigenvalue weighted by atomic mass is 10.3. The second-order valence-electron chi connectivity index (χ2n) is 6.61.